The smallest absolute Gasteiger partial charge is 0.164 e. The molecule has 1 aliphatic carbocycles. The number of hydrogen-bond donors (Lipinski definition) is 0. The van der Waals surface area contributed by atoms with Crippen molar-refractivity contribution in [3.63, 3.8) is 0 Å². The Bertz CT molecular complexity index is 600. The van der Waals surface area contributed by atoms with Gasteiger partial charge < -0.3 is 28.4 Å². The highest BCUT2D eigenvalue weighted by molar-refractivity contribution is 5.54. The molecule has 1 aromatic carbocycles. The van der Waals surface area contributed by atoms with Crippen LogP contribution in [0.25, 0.3) is 6.08 Å². The molecule has 0 bridgehead atoms. The summed E-state index contributed by atoms with van der Waals surface area (Å²) < 4.78 is 34.4. The zero-order valence-corrected chi connectivity index (χ0v) is 15.8. The van der Waals surface area contributed by atoms with Crippen molar-refractivity contribution < 1.29 is 28.4 Å². The molecule has 1 heterocycles. The van der Waals surface area contributed by atoms with Crippen LogP contribution in [-0.2, 0) is 28.4 Å². The van der Waals surface area contributed by atoms with Crippen molar-refractivity contribution in [1.29, 1.82) is 0 Å². The predicted octanol–water partition coefficient (Wildman–Crippen LogP) is 2.97. The van der Waals surface area contributed by atoms with Crippen LogP contribution < -0.4 is 0 Å². The molecular formula is C20H28O6. The van der Waals surface area contributed by atoms with Gasteiger partial charge in [0.05, 0.1) is 6.10 Å². The number of ether oxygens (including phenoxy) is 6. The van der Waals surface area contributed by atoms with Gasteiger partial charge in [-0.2, -0.15) is 0 Å². The molecular weight excluding hydrogens is 336 g/mol. The van der Waals surface area contributed by atoms with Crippen molar-refractivity contribution >= 4 is 6.08 Å². The summed E-state index contributed by atoms with van der Waals surface area (Å²) in [6.07, 6.45) is 1.88. The fourth-order valence-corrected chi connectivity index (χ4v) is 3.57. The predicted molar refractivity (Wildman–Crippen MR) is 96.4 cm³/mol. The molecule has 144 valence electrons. The normalized spacial score (nSPS) is 31.9. The second-order valence-corrected chi connectivity index (χ2v) is 7.00. The van der Waals surface area contributed by atoms with Gasteiger partial charge in [0.2, 0.25) is 0 Å². The maximum absolute atomic E-state index is 6.18. The second kappa shape index (κ2) is 8.61. The van der Waals surface area contributed by atoms with Crippen molar-refractivity contribution in [2.75, 3.05) is 27.8 Å². The van der Waals surface area contributed by atoms with E-state index in [0.717, 1.165) is 11.1 Å². The number of benzene rings is 1. The average molecular weight is 364 g/mol. The largest absolute Gasteiger partial charge is 0.359 e. The van der Waals surface area contributed by atoms with Crippen molar-refractivity contribution in [1.82, 2.24) is 0 Å². The van der Waals surface area contributed by atoms with E-state index in [1.54, 1.807) is 14.2 Å². The first-order chi connectivity index (χ1) is 12.5. The highest BCUT2D eigenvalue weighted by Crippen LogP contribution is 2.42. The molecule has 0 aromatic heterocycles. The van der Waals surface area contributed by atoms with E-state index in [0.29, 0.717) is 6.42 Å². The van der Waals surface area contributed by atoms with E-state index in [2.05, 4.69) is 18.2 Å². The lowest BCUT2D eigenvalue weighted by Crippen LogP contribution is -2.50. The van der Waals surface area contributed by atoms with Gasteiger partial charge in [0, 0.05) is 20.6 Å². The van der Waals surface area contributed by atoms with Crippen LogP contribution in [0.5, 0.6) is 0 Å². The molecule has 1 saturated carbocycles. The molecule has 1 aromatic rings. The van der Waals surface area contributed by atoms with Gasteiger partial charge in [0.25, 0.3) is 0 Å². The first kappa shape index (κ1) is 19.5. The number of methoxy groups -OCH3 is 2. The summed E-state index contributed by atoms with van der Waals surface area (Å²) in [5.41, 5.74) is 2.20. The highest BCUT2D eigenvalue weighted by atomic mass is 16.8. The van der Waals surface area contributed by atoms with E-state index in [4.69, 9.17) is 28.4 Å². The van der Waals surface area contributed by atoms with Crippen LogP contribution in [0.1, 0.15) is 25.8 Å². The topological polar surface area (TPSA) is 55.4 Å². The zero-order chi connectivity index (χ0) is 18.6. The molecule has 6 nitrogen and oxygen atoms in total. The lowest BCUT2D eigenvalue weighted by Gasteiger charge is -2.38. The van der Waals surface area contributed by atoms with Gasteiger partial charge in [0.15, 0.2) is 5.79 Å². The Kier molecular flexibility index (Phi) is 6.45. The second-order valence-electron chi connectivity index (χ2n) is 7.00. The van der Waals surface area contributed by atoms with E-state index < -0.39 is 5.79 Å². The molecule has 2 aliphatic rings. The molecule has 2 fully saturated rings. The molecule has 0 radical (unpaired) electrons. The maximum Gasteiger partial charge on any atom is 0.164 e. The van der Waals surface area contributed by atoms with Gasteiger partial charge in [-0.1, -0.05) is 36.4 Å². The molecule has 0 amide bonds. The molecule has 1 saturated heterocycles. The van der Waals surface area contributed by atoms with Gasteiger partial charge in [-0.25, -0.2) is 0 Å². The Labute approximate surface area is 155 Å². The molecule has 1 aliphatic heterocycles. The minimum absolute atomic E-state index is 0.168. The van der Waals surface area contributed by atoms with Crippen LogP contribution in [0.15, 0.2) is 35.9 Å². The van der Waals surface area contributed by atoms with Crippen LogP contribution in [0.4, 0.5) is 0 Å². The van der Waals surface area contributed by atoms with E-state index in [9.17, 15) is 0 Å². The number of rotatable bonds is 7. The Morgan fingerprint density at radius 1 is 1.00 bits per heavy atom. The van der Waals surface area contributed by atoms with Gasteiger partial charge >= 0.3 is 0 Å². The Morgan fingerprint density at radius 2 is 1.65 bits per heavy atom. The molecule has 0 spiro atoms. The summed E-state index contributed by atoms with van der Waals surface area (Å²) in [5, 5.41) is 0. The third kappa shape index (κ3) is 4.52. The molecule has 0 N–H and O–H groups in total. The minimum Gasteiger partial charge on any atom is -0.359 e. The van der Waals surface area contributed by atoms with E-state index in [1.807, 2.05) is 32.0 Å². The standard InChI is InChI=1S/C20H28O6/c1-20(2)25-18-16(23-12-21-3)11-15(10-14-8-6-5-7-9-14)17(19(18)26-20)24-13-22-4/h5-10,16-19H,11-13H2,1-4H3/b15-10+/t16-,17-,18-,19+/m1/s1. The fraction of sp³-hybridized carbons (Fsp3) is 0.600. The monoisotopic (exact) mass is 364 g/mol. The highest BCUT2D eigenvalue weighted by Gasteiger charge is 2.53. The van der Waals surface area contributed by atoms with Crippen LogP contribution >= 0.6 is 0 Å². The third-order valence-electron chi connectivity index (χ3n) is 4.55. The van der Waals surface area contributed by atoms with Crippen molar-refractivity contribution in [3.8, 4) is 0 Å². The minimum atomic E-state index is -0.694. The van der Waals surface area contributed by atoms with E-state index >= 15 is 0 Å². The first-order valence-electron chi connectivity index (χ1n) is 8.86. The summed E-state index contributed by atoms with van der Waals surface area (Å²) >= 11 is 0. The van der Waals surface area contributed by atoms with Gasteiger partial charge in [-0.3, -0.25) is 0 Å². The van der Waals surface area contributed by atoms with Crippen molar-refractivity contribution in [2.24, 2.45) is 0 Å². The Hall–Kier alpha value is -1.28. The van der Waals surface area contributed by atoms with Gasteiger partial charge in [-0.15, -0.1) is 0 Å². The van der Waals surface area contributed by atoms with Crippen LogP contribution in [0, 0.1) is 0 Å². The third-order valence-corrected chi connectivity index (χ3v) is 4.55. The Morgan fingerprint density at radius 3 is 2.35 bits per heavy atom. The molecule has 4 atom stereocenters. The average Bonchev–Trinajstić information content (AvgIpc) is 2.95. The van der Waals surface area contributed by atoms with Crippen LogP contribution in [-0.4, -0.2) is 58.0 Å². The summed E-state index contributed by atoms with van der Waals surface area (Å²) in [4.78, 5) is 0. The summed E-state index contributed by atoms with van der Waals surface area (Å²) in [7, 11) is 3.23. The van der Waals surface area contributed by atoms with Crippen LogP contribution in [0.3, 0.4) is 0 Å². The Balaban J connectivity index is 1.91. The van der Waals surface area contributed by atoms with Crippen LogP contribution in [0.2, 0.25) is 0 Å². The van der Waals surface area contributed by atoms with Crippen molar-refractivity contribution in [3.05, 3.63) is 41.5 Å². The quantitative estimate of drug-likeness (QED) is 0.694. The molecule has 0 unspecified atom stereocenters. The van der Waals surface area contributed by atoms with Gasteiger partial charge in [0.1, 0.15) is 31.9 Å². The molecule has 3 rings (SSSR count). The summed E-state index contributed by atoms with van der Waals surface area (Å²) in [6.45, 7) is 4.21. The summed E-state index contributed by atoms with van der Waals surface area (Å²) in [6, 6.07) is 10.2. The molecule has 26 heavy (non-hydrogen) atoms. The van der Waals surface area contributed by atoms with Crippen molar-refractivity contribution in [2.45, 2.75) is 50.5 Å². The van der Waals surface area contributed by atoms with E-state index in [-0.39, 0.29) is 38.0 Å². The lowest BCUT2D eigenvalue weighted by molar-refractivity contribution is -0.169. The maximum atomic E-state index is 6.18. The SMILES string of the molecule is COCO[C@@H]1/C(=C/c2ccccc2)C[C@@H](OCOC)[C@H]2OC(C)(C)O[C@H]21. The first-order valence-corrected chi connectivity index (χ1v) is 8.86. The lowest BCUT2D eigenvalue weighted by atomic mass is 9.84. The zero-order valence-electron chi connectivity index (χ0n) is 15.8. The number of hydrogen-bond acceptors (Lipinski definition) is 6. The van der Waals surface area contributed by atoms with Gasteiger partial charge in [-0.05, 0) is 25.0 Å². The fourth-order valence-electron chi connectivity index (χ4n) is 3.57. The summed E-state index contributed by atoms with van der Waals surface area (Å²) in [5.74, 6) is -0.694. The molecule has 6 heteroatoms. The number of fused-ring (bicyclic) bond motifs is 1. The van der Waals surface area contributed by atoms with E-state index in [1.165, 1.54) is 0 Å².